The molecule has 1 rings (SSSR count). The maximum atomic E-state index is 11.9. The van der Waals surface area contributed by atoms with Crippen molar-refractivity contribution in [1.82, 2.24) is 5.32 Å². The fraction of sp³-hybridized carbons (Fsp3) is 0.467. The van der Waals surface area contributed by atoms with E-state index in [0.717, 1.165) is 5.56 Å². The summed E-state index contributed by atoms with van der Waals surface area (Å²) < 4.78 is 10.2. The van der Waals surface area contributed by atoms with Crippen molar-refractivity contribution < 1.29 is 19.1 Å². The summed E-state index contributed by atoms with van der Waals surface area (Å²) in [4.78, 5) is 23.5. The number of nitrogens with one attached hydrogen (secondary N) is 2. The average molecular weight is 307 g/mol. The van der Waals surface area contributed by atoms with Crippen molar-refractivity contribution >= 4 is 12.1 Å². The molecule has 0 bridgehead atoms. The van der Waals surface area contributed by atoms with Crippen LogP contribution < -0.4 is 10.1 Å². The molecule has 0 fully saturated rings. The minimum atomic E-state index is -0.835. The van der Waals surface area contributed by atoms with Gasteiger partial charge in [-0.15, -0.1) is 0 Å². The molecule has 7 nitrogen and oxygen atoms in total. The van der Waals surface area contributed by atoms with Gasteiger partial charge in [0.25, 0.3) is 0 Å². The fourth-order valence-electron chi connectivity index (χ4n) is 1.50. The molecular formula is C15H21N3O4. The Bertz CT molecular complexity index is 535. The van der Waals surface area contributed by atoms with Gasteiger partial charge in [0.15, 0.2) is 0 Å². The third-order valence-corrected chi connectivity index (χ3v) is 2.49. The average Bonchev–Trinajstić information content (AvgIpc) is 2.39. The summed E-state index contributed by atoms with van der Waals surface area (Å²) in [6, 6.07) is 5.81. The van der Waals surface area contributed by atoms with Crippen molar-refractivity contribution in [3.05, 3.63) is 29.8 Å². The lowest BCUT2D eigenvalue weighted by atomic mass is 10.2. The van der Waals surface area contributed by atoms with Gasteiger partial charge < -0.3 is 14.8 Å². The van der Waals surface area contributed by atoms with E-state index in [1.165, 1.54) is 6.92 Å². The van der Waals surface area contributed by atoms with Crippen molar-refractivity contribution in [2.24, 2.45) is 5.11 Å². The second kappa shape index (κ2) is 7.53. The summed E-state index contributed by atoms with van der Waals surface area (Å²) in [5.41, 5.74) is 6.99. The quantitative estimate of drug-likeness (QED) is 0.496. The number of amides is 1. The topological polar surface area (TPSA) is 101 Å². The smallest absolute Gasteiger partial charge is 0.408 e. The van der Waals surface area contributed by atoms with Crippen molar-refractivity contribution in [3.8, 4) is 5.75 Å². The fourth-order valence-corrected chi connectivity index (χ4v) is 1.50. The second-order valence-electron chi connectivity index (χ2n) is 5.75. The highest BCUT2D eigenvalue weighted by Gasteiger charge is 2.22. The van der Waals surface area contributed by atoms with E-state index < -0.39 is 23.7 Å². The van der Waals surface area contributed by atoms with Crippen molar-refractivity contribution in [3.63, 3.8) is 0 Å². The third-order valence-electron chi connectivity index (χ3n) is 2.49. The predicted molar refractivity (Wildman–Crippen MR) is 79.8 cm³/mol. The Morgan fingerprint density at radius 1 is 1.27 bits per heavy atom. The molecule has 0 heterocycles. The number of carbonyl (C=O) groups excluding carboxylic acids is 2. The van der Waals surface area contributed by atoms with E-state index in [2.05, 4.69) is 10.4 Å². The van der Waals surface area contributed by atoms with E-state index in [0.29, 0.717) is 5.75 Å². The van der Waals surface area contributed by atoms with Crippen LogP contribution in [-0.2, 0) is 16.1 Å². The Morgan fingerprint density at radius 3 is 2.36 bits per heavy atom. The molecule has 0 saturated carbocycles. The van der Waals surface area contributed by atoms with E-state index in [4.69, 9.17) is 15.0 Å². The maximum Gasteiger partial charge on any atom is 0.408 e. The molecule has 0 aliphatic heterocycles. The number of rotatable bonds is 5. The van der Waals surface area contributed by atoms with Gasteiger partial charge in [0.2, 0.25) is 0 Å². The monoisotopic (exact) mass is 307 g/mol. The van der Waals surface area contributed by atoms with E-state index in [1.807, 2.05) is 0 Å². The molecule has 0 saturated heterocycles. The lowest BCUT2D eigenvalue weighted by Gasteiger charge is -2.21. The Hall–Kier alpha value is -2.44. The zero-order valence-electron chi connectivity index (χ0n) is 13.2. The first-order valence-electron chi connectivity index (χ1n) is 6.84. The normalized spacial score (nSPS) is 12.2. The minimum absolute atomic E-state index is 0.283. The van der Waals surface area contributed by atoms with Crippen LogP contribution in [0.25, 0.3) is 0 Å². The van der Waals surface area contributed by atoms with Crippen LogP contribution in [-0.4, -0.2) is 23.7 Å². The molecule has 22 heavy (non-hydrogen) atoms. The molecule has 120 valence electrons. The summed E-state index contributed by atoms with van der Waals surface area (Å²) in [6.07, 6.45) is -0.677. The summed E-state index contributed by atoms with van der Waals surface area (Å²) >= 11 is 0. The molecular weight excluding hydrogens is 286 g/mol. The van der Waals surface area contributed by atoms with Crippen LogP contribution in [0.1, 0.15) is 33.3 Å². The lowest BCUT2D eigenvalue weighted by molar-refractivity contribution is -0.136. The van der Waals surface area contributed by atoms with Gasteiger partial charge in [0.05, 0.1) is 6.54 Å². The van der Waals surface area contributed by atoms with E-state index in [-0.39, 0.29) is 6.54 Å². The number of benzene rings is 1. The minimum Gasteiger partial charge on any atom is -0.444 e. The molecule has 0 aliphatic carbocycles. The summed E-state index contributed by atoms with van der Waals surface area (Å²) in [7, 11) is 0. The molecule has 0 unspecified atom stereocenters. The van der Waals surface area contributed by atoms with E-state index in [9.17, 15) is 9.59 Å². The molecule has 0 aromatic heterocycles. The number of carbonyl (C=O) groups is 2. The molecule has 0 radical (unpaired) electrons. The number of nitrogens with zero attached hydrogens (tertiary/aromatic N) is 1. The van der Waals surface area contributed by atoms with Crippen molar-refractivity contribution in [2.75, 3.05) is 0 Å². The molecule has 0 spiro atoms. The molecule has 1 atom stereocenters. The Balaban J connectivity index is 2.53. The first-order valence-corrected chi connectivity index (χ1v) is 6.84. The lowest BCUT2D eigenvalue weighted by Crippen LogP contribution is -2.43. The Kier molecular flexibility index (Phi) is 6.03. The number of hydrogen-bond donors (Lipinski definition) is 2. The van der Waals surface area contributed by atoms with E-state index in [1.54, 1.807) is 45.0 Å². The van der Waals surface area contributed by atoms with Crippen LogP contribution >= 0.6 is 0 Å². The van der Waals surface area contributed by atoms with Crippen molar-refractivity contribution in [2.45, 2.75) is 45.9 Å². The number of hydrogen-bond acceptors (Lipinski definition) is 6. The second-order valence-corrected chi connectivity index (χ2v) is 5.75. The summed E-state index contributed by atoms with van der Waals surface area (Å²) in [6.45, 7) is 7.01. The van der Waals surface area contributed by atoms with Crippen LogP contribution in [0.4, 0.5) is 4.79 Å². The largest absolute Gasteiger partial charge is 0.444 e. The molecule has 2 N–H and O–H groups in total. The molecule has 1 aromatic rings. The highest BCUT2D eigenvalue weighted by atomic mass is 16.6. The standard InChI is InChI=1S/C15H21N3O4/c1-10(18-14(20)22-15(2,3)4)13(19)21-12-7-5-11(6-8-12)9-17-16/h5-8,10,16H,9H2,1-4H3,(H,18,20)/t10-/m0/s1. The maximum absolute atomic E-state index is 11.9. The van der Waals surface area contributed by atoms with Crippen LogP contribution in [0.2, 0.25) is 0 Å². The van der Waals surface area contributed by atoms with Crippen LogP contribution in [0.3, 0.4) is 0 Å². The van der Waals surface area contributed by atoms with Gasteiger partial charge in [-0.05, 0) is 45.4 Å². The van der Waals surface area contributed by atoms with Gasteiger partial charge >= 0.3 is 12.1 Å². The van der Waals surface area contributed by atoms with Crippen molar-refractivity contribution in [1.29, 1.82) is 5.53 Å². The van der Waals surface area contributed by atoms with Gasteiger partial charge in [-0.25, -0.2) is 15.1 Å². The van der Waals surface area contributed by atoms with Gasteiger partial charge in [-0.2, -0.15) is 5.11 Å². The van der Waals surface area contributed by atoms with Crippen LogP contribution in [0, 0.1) is 5.53 Å². The van der Waals surface area contributed by atoms with Crippen LogP contribution in [0.15, 0.2) is 29.4 Å². The summed E-state index contributed by atoms with van der Waals surface area (Å²) in [5, 5.41) is 5.68. The van der Waals surface area contributed by atoms with Gasteiger partial charge in [0.1, 0.15) is 17.4 Å². The Morgan fingerprint density at radius 2 is 1.86 bits per heavy atom. The molecule has 1 aromatic carbocycles. The Labute approximate surface area is 129 Å². The zero-order chi connectivity index (χ0) is 16.8. The summed E-state index contributed by atoms with van der Waals surface area (Å²) in [5.74, 6) is -0.236. The molecule has 0 aliphatic rings. The molecule has 7 heteroatoms. The first kappa shape index (κ1) is 17.6. The first-order chi connectivity index (χ1) is 10.2. The van der Waals surface area contributed by atoms with E-state index >= 15 is 0 Å². The predicted octanol–water partition coefficient (Wildman–Crippen LogP) is 3.04. The highest BCUT2D eigenvalue weighted by molar-refractivity contribution is 5.82. The molecule has 1 amide bonds. The van der Waals surface area contributed by atoms with Gasteiger partial charge in [0, 0.05) is 0 Å². The number of alkyl carbamates (subject to hydrolysis) is 1. The zero-order valence-corrected chi connectivity index (χ0v) is 13.2. The third kappa shape index (κ3) is 6.34. The SMILES string of the molecule is C[C@H](NC(=O)OC(C)(C)C)C(=O)Oc1ccc(CN=N)cc1. The number of esters is 1. The van der Waals surface area contributed by atoms with Gasteiger partial charge in [-0.1, -0.05) is 12.1 Å². The highest BCUT2D eigenvalue weighted by Crippen LogP contribution is 2.14. The number of ether oxygens (including phenoxy) is 2. The van der Waals surface area contributed by atoms with Crippen LogP contribution in [0.5, 0.6) is 5.75 Å². The van der Waals surface area contributed by atoms with Gasteiger partial charge in [-0.3, -0.25) is 0 Å².